The van der Waals surface area contributed by atoms with Crippen molar-refractivity contribution in [2.75, 3.05) is 19.8 Å². The average molecular weight is 304 g/mol. The van der Waals surface area contributed by atoms with Gasteiger partial charge in [-0.15, -0.1) is 5.10 Å². The number of morpholine rings is 1. The minimum atomic E-state index is -0.319. The molecule has 1 fully saturated rings. The van der Waals surface area contributed by atoms with E-state index in [0.29, 0.717) is 31.3 Å². The van der Waals surface area contributed by atoms with E-state index < -0.39 is 0 Å². The molecule has 3 rings (SSSR count). The third kappa shape index (κ3) is 2.71. The van der Waals surface area contributed by atoms with E-state index >= 15 is 0 Å². The van der Waals surface area contributed by atoms with E-state index in [2.05, 4.69) is 10.1 Å². The van der Waals surface area contributed by atoms with E-state index in [4.69, 9.17) is 4.74 Å². The molecule has 1 saturated heterocycles. The highest BCUT2D eigenvalue weighted by molar-refractivity contribution is 5.90. The molecule has 0 radical (unpaired) electrons. The van der Waals surface area contributed by atoms with Gasteiger partial charge in [-0.1, -0.05) is 0 Å². The maximum absolute atomic E-state index is 13.0. The summed E-state index contributed by atoms with van der Waals surface area (Å²) in [4.78, 5) is 18.5. The van der Waals surface area contributed by atoms with Gasteiger partial charge >= 0.3 is 0 Å². The molecule has 0 bridgehead atoms. The van der Waals surface area contributed by atoms with Crippen molar-refractivity contribution in [1.29, 1.82) is 0 Å². The zero-order chi connectivity index (χ0) is 15.7. The van der Waals surface area contributed by atoms with Gasteiger partial charge in [0.15, 0.2) is 0 Å². The van der Waals surface area contributed by atoms with Crippen molar-refractivity contribution in [3.05, 3.63) is 41.7 Å². The quantitative estimate of drug-likeness (QED) is 0.845. The van der Waals surface area contributed by atoms with E-state index in [0.717, 1.165) is 0 Å². The minimum Gasteiger partial charge on any atom is -0.377 e. The molecule has 1 atom stereocenters. The monoisotopic (exact) mass is 304 g/mol. The van der Waals surface area contributed by atoms with Crippen molar-refractivity contribution in [2.24, 2.45) is 0 Å². The van der Waals surface area contributed by atoms with Crippen molar-refractivity contribution < 1.29 is 13.9 Å². The van der Waals surface area contributed by atoms with Crippen LogP contribution in [-0.2, 0) is 4.74 Å². The first-order valence-electron chi connectivity index (χ1n) is 7.14. The number of nitrogens with zero attached hydrogens (tertiary/aromatic N) is 4. The van der Waals surface area contributed by atoms with Crippen LogP contribution in [0.4, 0.5) is 4.39 Å². The van der Waals surface area contributed by atoms with Gasteiger partial charge in [0.1, 0.15) is 11.6 Å². The van der Waals surface area contributed by atoms with Crippen molar-refractivity contribution in [3.63, 3.8) is 0 Å². The molecular formula is C15H17FN4O2. The van der Waals surface area contributed by atoms with Crippen LogP contribution in [0.3, 0.4) is 0 Å². The van der Waals surface area contributed by atoms with E-state index in [9.17, 15) is 9.18 Å². The van der Waals surface area contributed by atoms with Crippen LogP contribution in [0.5, 0.6) is 0 Å². The smallest absolute Gasteiger partial charge is 0.293 e. The molecule has 2 heterocycles. The topological polar surface area (TPSA) is 60.3 Å². The molecular weight excluding hydrogens is 287 g/mol. The molecule has 1 aromatic carbocycles. The molecule has 1 unspecified atom stereocenters. The van der Waals surface area contributed by atoms with E-state index in [1.807, 2.05) is 6.92 Å². The molecule has 1 aromatic heterocycles. The molecule has 0 aliphatic carbocycles. The number of halogens is 1. The third-order valence-electron chi connectivity index (χ3n) is 3.66. The first-order chi connectivity index (χ1) is 10.6. The van der Waals surface area contributed by atoms with E-state index in [1.54, 1.807) is 24.0 Å². The normalized spacial score (nSPS) is 18.5. The Morgan fingerprint density at radius 2 is 2.09 bits per heavy atom. The maximum atomic E-state index is 13.0. The van der Waals surface area contributed by atoms with Gasteiger partial charge < -0.3 is 9.64 Å². The number of hydrogen-bond donors (Lipinski definition) is 0. The summed E-state index contributed by atoms with van der Waals surface area (Å²) < 4.78 is 19.9. The fraction of sp³-hybridized carbons (Fsp3) is 0.400. The SMILES string of the molecule is Cc1nc(C(=O)N2CCOCC2C)nn1-c1ccc(F)cc1. The lowest BCUT2D eigenvalue weighted by Gasteiger charge is -2.32. The molecule has 1 aliphatic heterocycles. The second-order valence-corrected chi connectivity index (χ2v) is 5.29. The van der Waals surface area contributed by atoms with Gasteiger partial charge in [0.2, 0.25) is 5.82 Å². The average Bonchev–Trinajstić information content (AvgIpc) is 2.90. The summed E-state index contributed by atoms with van der Waals surface area (Å²) in [5.74, 6) is 0.200. The Bertz CT molecular complexity index is 683. The number of rotatable bonds is 2. The zero-order valence-electron chi connectivity index (χ0n) is 12.5. The lowest BCUT2D eigenvalue weighted by Crippen LogP contribution is -2.47. The van der Waals surface area contributed by atoms with Crippen molar-refractivity contribution in [1.82, 2.24) is 19.7 Å². The number of hydrogen-bond acceptors (Lipinski definition) is 4. The van der Waals surface area contributed by atoms with Gasteiger partial charge in [-0.25, -0.2) is 14.1 Å². The summed E-state index contributed by atoms with van der Waals surface area (Å²) in [5, 5.41) is 4.27. The molecule has 0 spiro atoms. The predicted octanol–water partition coefficient (Wildman–Crippen LogP) is 1.58. The number of ether oxygens (including phenoxy) is 1. The zero-order valence-corrected chi connectivity index (χ0v) is 12.5. The number of benzene rings is 1. The number of aryl methyl sites for hydroxylation is 1. The highest BCUT2D eigenvalue weighted by Crippen LogP contribution is 2.14. The molecule has 0 saturated carbocycles. The minimum absolute atomic E-state index is 0.000623. The van der Waals surface area contributed by atoms with Gasteiger partial charge in [-0.05, 0) is 38.1 Å². The Morgan fingerprint density at radius 1 is 1.36 bits per heavy atom. The van der Waals surface area contributed by atoms with Crippen LogP contribution in [0.2, 0.25) is 0 Å². The second-order valence-electron chi connectivity index (χ2n) is 5.29. The van der Waals surface area contributed by atoms with E-state index in [-0.39, 0.29) is 23.6 Å². The Morgan fingerprint density at radius 3 is 2.77 bits per heavy atom. The molecule has 1 aliphatic rings. The molecule has 116 valence electrons. The third-order valence-corrected chi connectivity index (χ3v) is 3.66. The highest BCUT2D eigenvalue weighted by Gasteiger charge is 2.28. The highest BCUT2D eigenvalue weighted by atomic mass is 19.1. The first kappa shape index (κ1) is 14.6. The Balaban J connectivity index is 1.88. The maximum Gasteiger partial charge on any atom is 0.293 e. The van der Waals surface area contributed by atoms with Crippen LogP contribution >= 0.6 is 0 Å². The van der Waals surface area contributed by atoms with Gasteiger partial charge in [0.25, 0.3) is 5.91 Å². The van der Waals surface area contributed by atoms with Crippen molar-refractivity contribution in [3.8, 4) is 5.69 Å². The van der Waals surface area contributed by atoms with Crippen LogP contribution < -0.4 is 0 Å². The predicted molar refractivity (Wildman–Crippen MR) is 77.4 cm³/mol. The van der Waals surface area contributed by atoms with Crippen molar-refractivity contribution in [2.45, 2.75) is 19.9 Å². The summed E-state index contributed by atoms with van der Waals surface area (Å²) >= 11 is 0. The Hall–Kier alpha value is -2.28. The Labute approximate surface area is 127 Å². The number of carbonyl (C=O) groups is 1. The van der Waals surface area contributed by atoms with Gasteiger partial charge in [-0.3, -0.25) is 4.79 Å². The number of carbonyl (C=O) groups excluding carboxylic acids is 1. The molecule has 1 amide bonds. The standard InChI is InChI=1S/C15H17FN4O2/c1-10-9-22-8-7-19(10)15(21)14-17-11(2)20(18-14)13-5-3-12(16)4-6-13/h3-6,10H,7-9H2,1-2H3. The summed E-state index contributed by atoms with van der Waals surface area (Å²) in [7, 11) is 0. The summed E-state index contributed by atoms with van der Waals surface area (Å²) in [6.45, 7) is 5.26. The fourth-order valence-electron chi connectivity index (χ4n) is 2.46. The number of aromatic nitrogens is 3. The Kier molecular flexibility index (Phi) is 3.89. The number of amides is 1. The lowest BCUT2D eigenvalue weighted by molar-refractivity contribution is 0.00292. The largest absolute Gasteiger partial charge is 0.377 e. The summed E-state index contributed by atoms with van der Waals surface area (Å²) in [5.41, 5.74) is 0.667. The van der Waals surface area contributed by atoms with Crippen LogP contribution in [-0.4, -0.2) is 51.4 Å². The van der Waals surface area contributed by atoms with Crippen LogP contribution in [0.25, 0.3) is 5.69 Å². The van der Waals surface area contributed by atoms with Crippen molar-refractivity contribution >= 4 is 5.91 Å². The fourth-order valence-corrected chi connectivity index (χ4v) is 2.46. The van der Waals surface area contributed by atoms with Gasteiger partial charge in [-0.2, -0.15) is 0 Å². The van der Waals surface area contributed by atoms with Crippen LogP contribution in [0.15, 0.2) is 24.3 Å². The second kappa shape index (κ2) is 5.84. The summed E-state index contributed by atoms with van der Waals surface area (Å²) in [6, 6.07) is 5.90. The molecule has 6 nitrogen and oxygen atoms in total. The molecule has 0 N–H and O–H groups in total. The van der Waals surface area contributed by atoms with Gasteiger partial charge in [0, 0.05) is 6.54 Å². The molecule has 7 heteroatoms. The van der Waals surface area contributed by atoms with E-state index in [1.165, 1.54) is 16.8 Å². The first-order valence-corrected chi connectivity index (χ1v) is 7.14. The van der Waals surface area contributed by atoms with Crippen LogP contribution in [0.1, 0.15) is 23.4 Å². The lowest BCUT2D eigenvalue weighted by atomic mass is 10.2. The van der Waals surface area contributed by atoms with Crippen LogP contribution in [0, 0.1) is 12.7 Å². The van der Waals surface area contributed by atoms with Gasteiger partial charge in [0.05, 0.1) is 24.9 Å². The molecule has 2 aromatic rings. The molecule has 22 heavy (non-hydrogen) atoms. The summed E-state index contributed by atoms with van der Waals surface area (Å²) in [6.07, 6.45) is 0.